The number of hydrogen-bond donors (Lipinski definition) is 1. The van der Waals surface area contributed by atoms with Crippen LogP contribution in [0, 0.1) is 0 Å². The van der Waals surface area contributed by atoms with Crippen LogP contribution in [0.15, 0.2) is 66.7 Å². The lowest BCUT2D eigenvalue weighted by Gasteiger charge is -2.26. The van der Waals surface area contributed by atoms with Crippen LogP contribution in [0.5, 0.6) is 5.75 Å². The van der Waals surface area contributed by atoms with Gasteiger partial charge in [-0.2, -0.15) is 0 Å². The maximum Gasteiger partial charge on any atom is 0.124 e. The molecule has 0 bridgehead atoms. The Hall–Kier alpha value is -1.82. The summed E-state index contributed by atoms with van der Waals surface area (Å²) in [5.74, 6) is 0.960. The van der Waals surface area contributed by atoms with Crippen molar-refractivity contribution in [3.63, 3.8) is 0 Å². The molecule has 1 aliphatic rings. The molecule has 0 amide bonds. The van der Waals surface area contributed by atoms with Crippen molar-refractivity contribution in [3.8, 4) is 5.75 Å². The predicted molar refractivity (Wildman–Crippen MR) is 128 cm³/mol. The molecular weight excluding hydrogens is 419 g/mol. The summed E-state index contributed by atoms with van der Waals surface area (Å²) < 4.78 is 11.6. The van der Waals surface area contributed by atoms with Gasteiger partial charge in [0.05, 0.1) is 13.2 Å². The minimum atomic E-state index is 0. The summed E-state index contributed by atoms with van der Waals surface area (Å²) in [7, 11) is 0. The Kier molecular flexibility index (Phi) is 10.4. The molecule has 162 valence electrons. The number of hydrogen-bond acceptors (Lipinski definition) is 4. The van der Waals surface area contributed by atoms with Crippen molar-refractivity contribution < 1.29 is 9.47 Å². The molecule has 0 aliphatic carbocycles. The highest BCUT2D eigenvalue weighted by Gasteiger charge is 2.11. The molecule has 0 radical (unpaired) electrons. The third kappa shape index (κ3) is 6.59. The average molecular weight is 449 g/mol. The zero-order valence-electron chi connectivity index (χ0n) is 17.1. The van der Waals surface area contributed by atoms with E-state index in [1.807, 2.05) is 18.2 Å². The van der Waals surface area contributed by atoms with E-state index < -0.39 is 0 Å². The molecule has 0 spiro atoms. The molecule has 1 heterocycles. The number of morpholine rings is 1. The lowest BCUT2D eigenvalue weighted by atomic mass is 10.0. The molecule has 3 aromatic rings. The van der Waals surface area contributed by atoms with Crippen LogP contribution in [0.3, 0.4) is 0 Å². The van der Waals surface area contributed by atoms with Crippen LogP contribution < -0.4 is 10.1 Å². The van der Waals surface area contributed by atoms with Crippen LogP contribution in [0.4, 0.5) is 0 Å². The third-order valence-electron chi connectivity index (χ3n) is 5.25. The molecule has 1 N–H and O–H groups in total. The maximum atomic E-state index is 6.21. The van der Waals surface area contributed by atoms with Gasteiger partial charge in [0.1, 0.15) is 12.4 Å². The summed E-state index contributed by atoms with van der Waals surface area (Å²) in [6, 6.07) is 23.1. The summed E-state index contributed by atoms with van der Waals surface area (Å²) in [5, 5.41) is 6.12. The molecule has 0 atom stereocenters. The topological polar surface area (TPSA) is 33.7 Å². The predicted octanol–water partition coefficient (Wildman–Crippen LogP) is 4.68. The second kappa shape index (κ2) is 12.8. The molecule has 4 rings (SSSR count). The molecule has 1 saturated heterocycles. The molecule has 1 aliphatic heterocycles. The van der Waals surface area contributed by atoms with Crippen LogP contribution in [-0.2, 0) is 17.9 Å². The standard InChI is InChI=1S/C24H28N2O2.2ClH/c1-2-6-20(7-3-1)19-28-24-11-10-21-8-4-5-9-22(21)23(24)18-25-12-13-26-14-16-27-17-15-26;;/h1-11,25H,12-19H2;2*1H. The lowest BCUT2D eigenvalue weighted by molar-refractivity contribution is 0.0384. The summed E-state index contributed by atoms with van der Waals surface area (Å²) in [6.07, 6.45) is 0. The first-order valence-electron chi connectivity index (χ1n) is 10.1. The monoisotopic (exact) mass is 448 g/mol. The van der Waals surface area contributed by atoms with E-state index in [2.05, 4.69) is 58.7 Å². The molecule has 6 heteroatoms. The fourth-order valence-corrected chi connectivity index (χ4v) is 3.64. The van der Waals surface area contributed by atoms with E-state index in [1.165, 1.54) is 21.9 Å². The van der Waals surface area contributed by atoms with Crippen LogP contribution in [0.25, 0.3) is 10.8 Å². The fraction of sp³-hybridized carbons (Fsp3) is 0.333. The zero-order valence-corrected chi connectivity index (χ0v) is 18.7. The fourth-order valence-electron chi connectivity index (χ4n) is 3.64. The van der Waals surface area contributed by atoms with Gasteiger partial charge in [-0.25, -0.2) is 0 Å². The van der Waals surface area contributed by atoms with Crippen molar-refractivity contribution in [1.82, 2.24) is 10.2 Å². The average Bonchev–Trinajstić information content (AvgIpc) is 2.77. The van der Waals surface area contributed by atoms with Crippen LogP contribution in [0.2, 0.25) is 0 Å². The number of nitrogens with one attached hydrogen (secondary N) is 1. The van der Waals surface area contributed by atoms with E-state index in [0.29, 0.717) is 6.61 Å². The molecular formula is C24H30Cl2N2O2. The van der Waals surface area contributed by atoms with E-state index >= 15 is 0 Å². The van der Waals surface area contributed by atoms with Gasteiger partial charge in [0.15, 0.2) is 0 Å². The van der Waals surface area contributed by atoms with Crippen LogP contribution in [0.1, 0.15) is 11.1 Å². The van der Waals surface area contributed by atoms with Crippen molar-refractivity contribution in [2.75, 3.05) is 39.4 Å². The number of benzene rings is 3. The van der Waals surface area contributed by atoms with Gasteiger partial charge in [0, 0.05) is 38.3 Å². The Labute approximate surface area is 191 Å². The first-order valence-corrected chi connectivity index (χ1v) is 10.1. The number of nitrogens with zero attached hydrogens (tertiary/aromatic N) is 1. The number of fused-ring (bicyclic) bond motifs is 1. The number of halogens is 2. The summed E-state index contributed by atoms with van der Waals surface area (Å²) in [4.78, 5) is 2.45. The molecule has 0 saturated carbocycles. The minimum absolute atomic E-state index is 0. The van der Waals surface area contributed by atoms with Gasteiger partial charge >= 0.3 is 0 Å². The number of rotatable bonds is 8. The Morgan fingerprint density at radius 2 is 1.60 bits per heavy atom. The quantitative estimate of drug-likeness (QED) is 0.507. The van der Waals surface area contributed by atoms with E-state index in [4.69, 9.17) is 9.47 Å². The van der Waals surface area contributed by atoms with Gasteiger partial charge in [-0.15, -0.1) is 24.8 Å². The Morgan fingerprint density at radius 3 is 2.40 bits per heavy atom. The van der Waals surface area contributed by atoms with Crippen molar-refractivity contribution >= 4 is 35.6 Å². The van der Waals surface area contributed by atoms with Gasteiger partial charge in [0.25, 0.3) is 0 Å². The lowest BCUT2D eigenvalue weighted by Crippen LogP contribution is -2.40. The van der Waals surface area contributed by atoms with Gasteiger partial charge in [-0.05, 0) is 22.4 Å². The Balaban J connectivity index is 0.00000160. The van der Waals surface area contributed by atoms with E-state index in [9.17, 15) is 0 Å². The van der Waals surface area contributed by atoms with Gasteiger partial charge in [0.2, 0.25) is 0 Å². The second-order valence-corrected chi connectivity index (χ2v) is 7.17. The third-order valence-corrected chi connectivity index (χ3v) is 5.25. The SMILES string of the molecule is Cl.Cl.c1ccc(COc2ccc3ccccc3c2CNCCN2CCOCC2)cc1. The van der Waals surface area contributed by atoms with Crippen molar-refractivity contribution in [1.29, 1.82) is 0 Å². The molecule has 30 heavy (non-hydrogen) atoms. The largest absolute Gasteiger partial charge is 0.489 e. The van der Waals surface area contributed by atoms with E-state index in [1.54, 1.807) is 0 Å². The molecule has 1 fully saturated rings. The van der Waals surface area contributed by atoms with Gasteiger partial charge in [-0.3, -0.25) is 4.90 Å². The van der Waals surface area contributed by atoms with Crippen molar-refractivity contribution in [2.45, 2.75) is 13.2 Å². The van der Waals surface area contributed by atoms with Crippen molar-refractivity contribution in [2.24, 2.45) is 0 Å². The molecule has 0 aromatic heterocycles. The minimum Gasteiger partial charge on any atom is -0.489 e. The normalized spacial score (nSPS) is 14.0. The second-order valence-electron chi connectivity index (χ2n) is 7.17. The zero-order chi connectivity index (χ0) is 19.0. The Morgan fingerprint density at radius 1 is 0.867 bits per heavy atom. The smallest absolute Gasteiger partial charge is 0.124 e. The highest BCUT2D eigenvalue weighted by molar-refractivity contribution is 5.87. The van der Waals surface area contributed by atoms with Crippen LogP contribution >= 0.6 is 24.8 Å². The highest BCUT2D eigenvalue weighted by atomic mass is 35.5. The molecule has 0 unspecified atom stereocenters. The Bertz CT molecular complexity index is 887. The van der Waals surface area contributed by atoms with E-state index in [-0.39, 0.29) is 24.8 Å². The van der Waals surface area contributed by atoms with Crippen LogP contribution in [-0.4, -0.2) is 44.3 Å². The highest BCUT2D eigenvalue weighted by Crippen LogP contribution is 2.28. The van der Waals surface area contributed by atoms with Gasteiger partial charge < -0.3 is 14.8 Å². The first kappa shape index (κ1) is 24.4. The van der Waals surface area contributed by atoms with E-state index in [0.717, 1.165) is 51.7 Å². The first-order chi connectivity index (χ1) is 13.9. The number of ether oxygens (including phenoxy) is 2. The summed E-state index contributed by atoms with van der Waals surface area (Å²) >= 11 is 0. The molecule has 4 nitrogen and oxygen atoms in total. The summed E-state index contributed by atoms with van der Waals surface area (Å²) in [5.41, 5.74) is 2.41. The summed E-state index contributed by atoms with van der Waals surface area (Å²) in [6.45, 7) is 7.15. The van der Waals surface area contributed by atoms with Crippen molar-refractivity contribution in [3.05, 3.63) is 77.9 Å². The molecule has 3 aromatic carbocycles. The maximum absolute atomic E-state index is 6.21. The van der Waals surface area contributed by atoms with Gasteiger partial charge in [-0.1, -0.05) is 60.7 Å².